The van der Waals surface area contributed by atoms with Crippen molar-refractivity contribution >= 4 is 5.82 Å². The van der Waals surface area contributed by atoms with Crippen LogP contribution >= 0.6 is 0 Å². The third kappa shape index (κ3) is 2.21. The zero-order valence-electron chi connectivity index (χ0n) is 11.1. The van der Waals surface area contributed by atoms with Gasteiger partial charge < -0.3 is 10.0 Å². The summed E-state index contributed by atoms with van der Waals surface area (Å²) in [6.07, 6.45) is 4.41. The summed E-state index contributed by atoms with van der Waals surface area (Å²) >= 11 is 0. The molecule has 1 aliphatic heterocycles. The molecule has 0 radical (unpaired) electrons. The van der Waals surface area contributed by atoms with Crippen molar-refractivity contribution < 1.29 is 5.11 Å². The second-order valence-corrected chi connectivity index (χ2v) is 4.90. The first-order chi connectivity index (χ1) is 8.69. The number of aryl methyl sites for hydroxylation is 2. The molecule has 1 aromatic heterocycles. The summed E-state index contributed by atoms with van der Waals surface area (Å²) in [4.78, 5) is 2.16. The van der Waals surface area contributed by atoms with Gasteiger partial charge in [0, 0.05) is 13.6 Å². The highest BCUT2D eigenvalue weighted by atomic mass is 16.3. The first-order valence-electron chi connectivity index (χ1n) is 6.50. The predicted molar refractivity (Wildman–Crippen MR) is 69.3 cm³/mol. The van der Waals surface area contributed by atoms with Crippen molar-refractivity contribution in [2.24, 2.45) is 7.05 Å². The van der Waals surface area contributed by atoms with Crippen molar-refractivity contribution in [1.82, 2.24) is 9.78 Å². The molecule has 18 heavy (non-hydrogen) atoms. The molecular formula is C13H20N4O. The Kier molecular flexibility index (Phi) is 3.87. The highest BCUT2D eigenvalue weighted by molar-refractivity contribution is 5.57. The number of anilines is 1. The van der Waals surface area contributed by atoms with Gasteiger partial charge in [0.1, 0.15) is 17.5 Å². The second kappa shape index (κ2) is 5.40. The summed E-state index contributed by atoms with van der Waals surface area (Å²) in [5.41, 5.74) is 1.40. The Morgan fingerprint density at radius 1 is 1.44 bits per heavy atom. The van der Waals surface area contributed by atoms with Crippen molar-refractivity contribution in [3.8, 4) is 6.07 Å². The Morgan fingerprint density at radius 2 is 2.22 bits per heavy atom. The van der Waals surface area contributed by atoms with E-state index in [0.717, 1.165) is 37.3 Å². The molecule has 98 valence electrons. The van der Waals surface area contributed by atoms with Crippen LogP contribution in [0, 0.1) is 18.3 Å². The number of aromatic nitrogens is 2. The Hall–Kier alpha value is -1.54. The van der Waals surface area contributed by atoms with Crippen LogP contribution in [0.2, 0.25) is 0 Å². The van der Waals surface area contributed by atoms with Gasteiger partial charge in [0.25, 0.3) is 0 Å². The highest BCUT2D eigenvalue weighted by Crippen LogP contribution is 2.28. The fraction of sp³-hybridized carbons (Fsp3) is 0.692. The lowest BCUT2D eigenvalue weighted by Gasteiger charge is -2.30. The van der Waals surface area contributed by atoms with Gasteiger partial charge in [-0.1, -0.05) is 12.8 Å². The number of hydrogen-bond acceptors (Lipinski definition) is 4. The summed E-state index contributed by atoms with van der Waals surface area (Å²) in [7, 11) is 1.86. The van der Waals surface area contributed by atoms with E-state index in [1.54, 1.807) is 4.68 Å². The molecule has 1 aromatic rings. The molecule has 0 bridgehead atoms. The van der Waals surface area contributed by atoms with Crippen molar-refractivity contribution in [3.63, 3.8) is 0 Å². The average molecular weight is 248 g/mol. The molecule has 1 aliphatic rings. The summed E-state index contributed by atoms with van der Waals surface area (Å²) in [6.45, 7) is 2.88. The molecule has 0 amide bonds. The number of aliphatic hydroxyl groups is 1. The van der Waals surface area contributed by atoms with Crippen LogP contribution in [-0.4, -0.2) is 34.1 Å². The lowest BCUT2D eigenvalue weighted by molar-refractivity contribution is 0.254. The molecule has 5 nitrogen and oxygen atoms in total. The molecule has 1 unspecified atom stereocenters. The molecule has 0 spiro atoms. The third-order valence-corrected chi connectivity index (χ3v) is 3.66. The molecule has 0 saturated carbocycles. The molecule has 1 N–H and O–H groups in total. The van der Waals surface area contributed by atoms with E-state index >= 15 is 0 Å². The monoisotopic (exact) mass is 248 g/mol. The van der Waals surface area contributed by atoms with E-state index < -0.39 is 0 Å². The van der Waals surface area contributed by atoms with Gasteiger partial charge in [0.2, 0.25) is 0 Å². The quantitative estimate of drug-likeness (QED) is 0.857. The fourth-order valence-electron chi connectivity index (χ4n) is 2.75. The van der Waals surface area contributed by atoms with Gasteiger partial charge in [-0.25, -0.2) is 0 Å². The molecule has 0 aliphatic carbocycles. The lowest BCUT2D eigenvalue weighted by Crippen LogP contribution is -2.39. The van der Waals surface area contributed by atoms with Gasteiger partial charge in [-0.05, 0) is 19.8 Å². The molecule has 1 fully saturated rings. The summed E-state index contributed by atoms with van der Waals surface area (Å²) in [5.74, 6) is 0.857. The molecule has 2 heterocycles. The van der Waals surface area contributed by atoms with E-state index in [2.05, 4.69) is 16.1 Å². The number of nitrogens with zero attached hydrogens (tertiary/aromatic N) is 4. The van der Waals surface area contributed by atoms with Crippen LogP contribution in [0.15, 0.2) is 0 Å². The third-order valence-electron chi connectivity index (χ3n) is 3.66. The van der Waals surface area contributed by atoms with Crippen molar-refractivity contribution in [1.29, 1.82) is 5.26 Å². The molecule has 5 heteroatoms. The smallest absolute Gasteiger partial charge is 0.145 e. The van der Waals surface area contributed by atoms with Gasteiger partial charge in [-0.2, -0.15) is 10.4 Å². The average Bonchev–Trinajstić information content (AvgIpc) is 2.55. The summed E-state index contributed by atoms with van der Waals surface area (Å²) in [5, 5.41) is 23.2. The van der Waals surface area contributed by atoms with Crippen LogP contribution in [0.25, 0.3) is 0 Å². The Balaban J connectivity index is 2.42. The first-order valence-corrected chi connectivity index (χ1v) is 6.50. The van der Waals surface area contributed by atoms with E-state index in [1.165, 1.54) is 6.42 Å². The normalized spacial score (nSPS) is 20.6. The van der Waals surface area contributed by atoms with Crippen molar-refractivity contribution in [2.75, 3.05) is 18.1 Å². The Morgan fingerprint density at radius 3 is 2.89 bits per heavy atom. The number of aliphatic hydroxyl groups excluding tert-OH is 1. The van der Waals surface area contributed by atoms with Gasteiger partial charge in [0.05, 0.1) is 18.3 Å². The second-order valence-electron chi connectivity index (χ2n) is 4.90. The molecule has 1 saturated heterocycles. The van der Waals surface area contributed by atoms with Crippen LogP contribution in [-0.2, 0) is 7.05 Å². The SMILES string of the molecule is Cc1nn(C)c(N2CCCCCC2CO)c1C#N. The molecule has 0 aromatic carbocycles. The van der Waals surface area contributed by atoms with E-state index in [9.17, 15) is 10.4 Å². The summed E-state index contributed by atoms with van der Waals surface area (Å²) < 4.78 is 1.77. The van der Waals surface area contributed by atoms with Crippen LogP contribution in [0.3, 0.4) is 0 Å². The topological polar surface area (TPSA) is 65.1 Å². The zero-order chi connectivity index (χ0) is 13.1. The Labute approximate surface area is 108 Å². The maximum atomic E-state index is 9.55. The number of nitriles is 1. The van der Waals surface area contributed by atoms with Crippen molar-refractivity contribution in [2.45, 2.75) is 38.6 Å². The van der Waals surface area contributed by atoms with Crippen molar-refractivity contribution in [3.05, 3.63) is 11.3 Å². The minimum absolute atomic E-state index is 0.106. The standard InChI is InChI=1S/C13H20N4O/c1-10-12(8-14)13(16(2)15-10)17-7-5-3-4-6-11(17)9-18/h11,18H,3-7,9H2,1-2H3. The van der Waals surface area contributed by atoms with Crippen LogP contribution in [0.5, 0.6) is 0 Å². The molecule has 1 atom stereocenters. The maximum absolute atomic E-state index is 9.55. The van der Waals surface area contributed by atoms with Crippen LogP contribution in [0.4, 0.5) is 5.82 Å². The summed E-state index contributed by atoms with van der Waals surface area (Å²) in [6, 6.07) is 2.35. The van der Waals surface area contributed by atoms with Gasteiger partial charge in [0.15, 0.2) is 0 Å². The van der Waals surface area contributed by atoms with Gasteiger partial charge in [-0.3, -0.25) is 4.68 Å². The fourth-order valence-corrected chi connectivity index (χ4v) is 2.75. The molecule has 2 rings (SSSR count). The van der Waals surface area contributed by atoms with E-state index in [-0.39, 0.29) is 12.6 Å². The Bertz CT molecular complexity index is 460. The van der Waals surface area contributed by atoms with Crippen LogP contribution in [0.1, 0.15) is 36.9 Å². The minimum Gasteiger partial charge on any atom is -0.394 e. The zero-order valence-corrected chi connectivity index (χ0v) is 11.1. The minimum atomic E-state index is 0.106. The van der Waals surface area contributed by atoms with Gasteiger partial charge in [-0.15, -0.1) is 0 Å². The van der Waals surface area contributed by atoms with E-state index in [0.29, 0.717) is 5.56 Å². The van der Waals surface area contributed by atoms with E-state index in [4.69, 9.17) is 0 Å². The van der Waals surface area contributed by atoms with E-state index in [1.807, 2.05) is 14.0 Å². The van der Waals surface area contributed by atoms with Gasteiger partial charge >= 0.3 is 0 Å². The largest absolute Gasteiger partial charge is 0.394 e. The molecular weight excluding hydrogens is 228 g/mol. The number of hydrogen-bond donors (Lipinski definition) is 1. The lowest BCUT2D eigenvalue weighted by atomic mass is 10.1. The van der Waals surface area contributed by atoms with Crippen LogP contribution < -0.4 is 4.90 Å². The highest BCUT2D eigenvalue weighted by Gasteiger charge is 2.26. The maximum Gasteiger partial charge on any atom is 0.145 e. The predicted octanol–water partition coefficient (Wildman–Crippen LogP) is 1.34. The number of rotatable bonds is 2. The first kappa shape index (κ1) is 12.9.